The van der Waals surface area contributed by atoms with E-state index in [-0.39, 0.29) is 18.5 Å². The number of nitrogens with zero attached hydrogens (tertiary/aromatic N) is 1. The molecule has 0 spiro atoms. The highest BCUT2D eigenvalue weighted by Crippen LogP contribution is 2.29. The molecular weight excluding hydrogens is 316 g/mol. The minimum absolute atomic E-state index is 0.158. The number of ether oxygens (including phenoxy) is 1. The van der Waals surface area contributed by atoms with Crippen molar-refractivity contribution < 1.29 is 17.9 Å². The Morgan fingerprint density at radius 1 is 1.30 bits per heavy atom. The van der Waals surface area contributed by atoms with Crippen molar-refractivity contribution in [2.24, 2.45) is 0 Å². The number of sulfonamides is 1. The number of para-hydroxylation sites is 2. The normalized spacial score (nSPS) is 15.4. The quantitative estimate of drug-likeness (QED) is 0.823. The van der Waals surface area contributed by atoms with Crippen LogP contribution < -0.4 is 14.4 Å². The van der Waals surface area contributed by atoms with Crippen LogP contribution in [0.4, 0.5) is 5.69 Å². The van der Waals surface area contributed by atoms with E-state index in [2.05, 4.69) is 5.32 Å². The van der Waals surface area contributed by atoms with Crippen molar-refractivity contribution in [3.8, 4) is 5.75 Å². The van der Waals surface area contributed by atoms with Crippen LogP contribution in [0.15, 0.2) is 24.3 Å². The van der Waals surface area contributed by atoms with Gasteiger partial charge in [-0.3, -0.25) is 9.10 Å². The first-order chi connectivity index (χ1) is 10.9. The van der Waals surface area contributed by atoms with Crippen LogP contribution in [-0.4, -0.2) is 39.8 Å². The van der Waals surface area contributed by atoms with Crippen molar-refractivity contribution in [3.63, 3.8) is 0 Å². The van der Waals surface area contributed by atoms with Gasteiger partial charge in [-0.15, -0.1) is 0 Å². The molecule has 0 bridgehead atoms. The Morgan fingerprint density at radius 3 is 2.57 bits per heavy atom. The Kier molecular flexibility index (Phi) is 5.87. The molecule has 0 aliphatic heterocycles. The predicted octanol–water partition coefficient (Wildman–Crippen LogP) is 1.91. The number of hydrogen-bond donors (Lipinski definition) is 1. The molecule has 0 heterocycles. The molecule has 1 aliphatic rings. The third-order valence-corrected chi connectivity index (χ3v) is 4.97. The molecule has 1 aromatic rings. The van der Waals surface area contributed by atoms with E-state index in [0.717, 1.165) is 36.2 Å². The van der Waals surface area contributed by atoms with Gasteiger partial charge >= 0.3 is 0 Å². The third-order valence-electron chi connectivity index (χ3n) is 3.84. The maximum Gasteiger partial charge on any atom is 0.240 e. The molecule has 0 aromatic heterocycles. The standard InChI is InChI=1S/C16H24N2O4S/c1-3-22-15-11-7-6-10-14(15)18(23(2,20)21)12-16(19)17-13-8-4-5-9-13/h6-7,10-11,13H,3-5,8-9,12H2,1-2H3,(H,17,19). The lowest BCUT2D eigenvalue weighted by Gasteiger charge is -2.24. The van der Waals surface area contributed by atoms with Gasteiger partial charge in [0.15, 0.2) is 0 Å². The van der Waals surface area contributed by atoms with Crippen LogP contribution in [0.25, 0.3) is 0 Å². The predicted molar refractivity (Wildman–Crippen MR) is 90.2 cm³/mol. The van der Waals surface area contributed by atoms with E-state index in [1.54, 1.807) is 24.3 Å². The van der Waals surface area contributed by atoms with Gasteiger partial charge in [-0.05, 0) is 31.9 Å². The average Bonchev–Trinajstić information content (AvgIpc) is 2.98. The maximum atomic E-state index is 12.2. The van der Waals surface area contributed by atoms with Gasteiger partial charge in [-0.25, -0.2) is 8.42 Å². The highest BCUT2D eigenvalue weighted by Gasteiger charge is 2.25. The fourth-order valence-corrected chi connectivity index (χ4v) is 3.66. The van der Waals surface area contributed by atoms with Gasteiger partial charge in [0, 0.05) is 6.04 Å². The molecule has 0 atom stereocenters. The Bertz CT molecular complexity index is 639. The van der Waals surface area contributed by atoms with Gasteiger partial charge in [0.25, 0.3) is 0 Å². The van der Waals surface area contributed by atoms with Crippen molar-refractivity contribution in [1.82, 2.24) is 5.32 Å². The molecule has 1 aliphatic carbocycles. The molecule has 128 valence electrons. The summed E-state index contributed by atoms with van der Waals surface area (Å²) in [5.41, 5.74) is 0.387. The summed E-state index contributed by atoms with van der Waals surface area (Å²) in [7, 11) is -3.59. The lowest BCUT2D eigenvalue weighted by molar-refractivity contribution is -0.120. The van der Waals surface area contributed by atoms with E-state index in [0.29, 0.717) is 18.0 Å². The molecule has 1 aromatic carbocycles. The lowest BCUT2D eigenvalue weighted by atomic mass is 10.2. The minimum Gasteiger partial charge on any atom is -0.492 e. The first-order valence-electron chi connectivity index (χ1n) is 7.90. The van der Waals surface area contributed by atoms with E-state index in [1.807, 2.05) is 6.92 Å². The number of carbonyl (C=O) groups excluding carboxylic acids is 1. The second-order valence-corrected chi connectivity index (χ2v) is 7.63. The van der Waals surface area contributed by atoms with Crippen molar-refractivity contribution in [3.05, 3.63) is 24.3 Å². The van der Waals surface area contributed by atoms with Crippen LogP contribution in [0.5, 0.6) is 5.75 Å². The van der Waals surface area contributed by atoms with Crippen molar-refractivity contribution in [2.45, 2.75) is 38.6 Å². The van der Waals surface area contributed by atoms with E-state index in [4.69, 9.17) is 4.74 Å². The molecular formula is C16H24N2O4S. The first-order valence-corrected chi connectivity index (χ1v) is 9.75. The highest BCUT2D eigenvalue weighted by molar-refractivity contribution is 7.92. The van der Waals surface area contributed by atoms with E-state index >= 15 is 0 Å². The highest BCUT2D eigenvalue weighted by atomic mass is 32.2. The summed E-state index contributed by atoms with van der Waals surface area (Å²) in [5.74, 6) is 0.169. The summed E-state index contributed by atoms with van der Waals surface area (Å²) >= 11 is 0. The summed E-state index contributed by atoms with van der Waals surface area (Å²) in [6, 6.07) is 7.00. The zero-order chi connectivity index (χ0) is 16.9. The van der Waals surface area contributed by atoms with Crippen molar-refractivity contribution in [2.75, 3.05) is 23.7 Å². The summed E-state index contributed by atoms with van der Waals surface area (Å²) in [6.45, 7) is 2.01. The molecule has 1 saturated carbocycles. The van der Waals surface area contributed by atoms with Crippen LogP contribution >= 0.6 is 0 Å². The average molecular weight is 340 g/mol. The number of amides is 1. The van der Waals surface area contributed by atoms with Crippen LogP contribution in [0.2, 0.25) is 0 Å². The number of benzene rings is 1. The fraction of sp³-hybridized carbons (Fsp3) is 0.562. The topological polar surface area (TPSA) is 75.7 Å². The number of anilines is 1. The van der Waals surface area contributed by atoms with Crippen LogP contribution in [-0.2, 0) is 14.8 Å². The zero-order valence-corrected chi connectivity index (χ0v) is 14.4. The largest absolute Gasteiger partial charge is 0.492 e. The molecule has 0 radical (unpaired) electrons. The smallest absolute Gasteiger partial charge is 0.240 e. The summed E-state index contributed by atoms with van der Waals surface area (Å²) < 4.78 is 30.9. The first kappa shape index (κ1) is 17.6. The number of carbonyl (C=O) groups is 1. The van der Waals surface area contributed by atoms with Gasteiger partial charge in [0.05, 0.1) is 18.6 Å². The molecule has 1 N–H and O–H groups in total. The van der Waals surface area contributed by atoms with Gasteiger partial charge in [0.1, 0.15) is 12.3 Å². The molecule has 0 saturated heterocycles. The van der Waals surface area contributed by atoms with Crippen LogP contribution in [0.3, 0.4) is 0 Å². The molecule has 1 fully saturated rings. The Labute approximate surface area is 137 Å². The molecule has 6 nitrogen and oxygen atoms in total. The summed E-state index contributed by atoms with van der Waals surface area (Å²) in [4.78, 5) is 12.2. The summed E-state index contributed by atoms with van der Waals surface area (Å²) in [6.07, 6.45) is 5.22. The maximum absolute atomic E-state index is 12.2. The molecule has 2 rings (SSSR count). The molecule has 0 unspecified atom stereocenters. The third kappa shape index (κ3) is 4.86. The Morgan fingerprint density at radius 2 is 1.96 bits per heavy atom. The second kappa shape index (κ2) is 7.68. The Balaban J connectivity index is 2.19. The van der Waals surface area contributed by atoms with Gasteiger partial charge in [-0.2, -0.15) is 0 Å². The lowest BCUT2D eigenvalue weighted by Crippen LogP contribution is -2.43. The SMILES string of the molecule is CCOc1ccccc1N(CC(=O)NC1CCCC1)S(C)(=O)=O. The molecule has 23 heavy (non-hydrogen) atoms. The van der Waals surface area contributed by atoms with Crippen LogP contribution in [0.1, 0.15) is 32.6 Å². The van der Waals surface area contributed by atoms with Gasteiger partial charge in [-0.1, -0.05) is 25.0 Å². The van der Waals surface area contributed by atoms with Crippen molar-refractivity contribution >= 4 is 21.6 Å². The molecule has 1 amide bonds. The van der Waals surface area contributed by atoms with E-state index in [1.165, 1.54) is 0 Å². The van der Waals surface area contributed by atoms with Gasteiger partial charge in [0.2, 0.25) is 15.9 Å². The molecule has 7 heteroatoms. The number of rotatable bonds is 7. The fourth-order valence-electron chi connectivity index (χ4n) is 2.80. The Hall–Kier alpha value is -1.76. The summed E-state index contributed by atoms with van der Waals surface area (Å²) in [5, 5.41) is 2.92. The van der Waals surface area contributed by atoms with E-state index < -0.39 is 10.0 Å². The van der Waals surface area contributed by atoms with E-state index in [9.17, 15) is 13.2 Å². The number of hydrogen-bond acceptors (Lipinski definition) is 4. The van der Waals surface area contributed by atoms with Crippen molar-refractivity contribution in [1.29, 1.82) is 0 Å². The second-order valence-electron chi connectivity index (χ2n) is 5.72. The minimum atomic E-state index is -3.59. The van der Waals surface area contributed by atoms with Crippen LogP contribution in [0, 0.1) is 0 Å². The monoisotopic (exact) mass is 340 g/mol. The number of nitrogens with one attached hydrogen (secondary N) is 1. The zero-order valence-electron chi connectivity index (χ0n) is 13.6. The van der Waals surface area contributed by atoms with Gasteiger partial charge < -0.3 is 10.1 Å².